The molecule has 1 saturated carbocycles. The predicted molar refractivity (Wildman–Crippen MR) is 87.2 cm³/mol. The molecule has 10 nitrogen and oxygen atoms in total. The number of carboxylic acids is 1. The average Bonchev–Trinajstić information content (AvgIpc) is 3.30. The van der Waals surface area contributed by atoms with Crippen LogP contribution in [0.3, 0.4) is 0 Å². The summed E-state index contributed by atoms with van der Waals surface area (Å²) in [6.45, 7) is 0.921. The van der Waals surface area contributed by atoms with Gasteiger partial charge in [-0.1, -0.05) is 0 Å². The Balaban J connectivity index is 2.04. The van der Waals surface area contributed by atoms with Crippen molar-refractivity contribution < 1.29 is 14.7 Å². The summed E-state index contributed by atoms with van der Waals surface area (Å²) in [6, 6.07) is -1.17. The van der Waals surface area contributed by atoms with Crippen molar-refractivity contribution in [1.82, 2.24) is 23.6 Å². The highest BCUT2D eigenvalue weighted by Crippen LogP contribution is 2.29. The number of carbonyl (C=O) groups excluding carboxylic acids is 1. The van der Waals surface area contributed by atoms with Crippen LogP contribution in [0.2, 0.25) is 0 Å². The van der Waals surface area contributed by atoms with E-state index in [4.69, 9.17) is 0 Å². The molecule has 2 aromatic heterocycles. The van der Waals surface area contributed by atoms with E-state index in [9.17, 15) is 24.3 Å². The number of carbonyl (C=O) groups is 2. The maximum Gasteiger partial charge on any atom is 0.332 e. The van der Waals surface area contributed by atoms with Gasteiger partial charge in [0.25, 0.3) is 5.56 Å². The van der Waals surface area contributed by atoms with Gasteiger partial charge in [-0.15, -0.1) is 0 Å². The fraction of sp³-hybridized carbons (Fsp3) is 0.533. The molecule has 0 aliphatic heterocycles. The molecule has 1 atom stereocenters. The van der Waals surface area contributed by atoms with Gasteiger partial charge in [0.05, 0.1) is 6.33 Å². The Morgan fingerprint density at radius 2 is 2.00 bits per heavy atom. The molecule has 0 saturated heterocycles. The molecular formula is C15H19N5O5. The van der Waals surface area contributed by atoms with Crippen molar-refractivity contribution in [3.8, 4) is 0 Å². The fourth-order valence-electron chi connectivity index (χ4n) is 2.96. The summed E-state index contributed by atoms with van der Waals surface area (Å²) in [5.74, 6) is -1.68. The smallest absolute Gasteiger partial charge is 0.332 e. The Morgan fingerprint density at radius 1 is 1.36 bits per heavy atom. The zero-order valence-corrected chi connectivity index (χ0v) is 14.2. The van der Waals surface area contributed by atoms with Crippen LogP contribution in [0, 0.1) is 0 Å². The third-order valence-corrected chi connectivity index (χ3v) is 4.50. The van der Waals surface area contributed by atoms with E-state index in [1.165, 1.54) is 34.3 Å². The number of imidazole rings is 1. The molecule has 0 bridgehead atoms. The second-order valence-corrected chi connectivity index (χ2v) is 6.31. The van der Waals surface area contributed by atoms with Crippen molar-refractivity contribution in [1.29, 1.82) is 0 Å². The minimum absolute atomic E-state index is 0.154. The Hall–Kier alpha value is -2.91. The van der Waals surface area contributed by atoms with Crippen molar-refractivity contribution in [2.24, 2.45) is 14.1 Å². The van der Waals surface area contributed by atoms with Crippen LogP contribution in [-0.2, 0) is 30.2 Å². The van der Waals surface area contributed by atoms with Gasteiger partial charge in [0.2, 0.25) is 5.91 Å². The normalized spacial score (nSPS) is 15.3. The third-order valence-electron chi connectivity index (χ3n) is 4.50. The minimum atomic E-state index is -1.12. The molecule has 1 aliphatic carbocycles. The van der Waals surface area contributed by atoms with Crippen LogP contribution in [0.15, 0.2) is 15.9 Å². The van der Waals surface area contributed by atoms with E-state index in [-0.39, 0.29) is 17.2 Å². The van der Waals surface area contributed by atoms with Crippen LogP contribution < -0.4 is 11.2 Å². The second-order valence-electron chi connectivity index (χ2n) is 6.31. The number of fused-ring (bicyclic) bond motifs is 1. The van der Waals surface area contributed by atoms with Crippen molar-refractivity contribution in [2.45, 2.75) is 38.4 Å². The van der Waals surface area contributed by atoms with Crippen molar-refractivity contribution in [3.05, 3.63) is 27.2 Å². The number of carboxylic acid groups (broad SMARTS) is 1. The van der Waals surface area contributed by atoms with Gasteiger partial charge in [-0.3, -0.25) is 14.2 Å². The quantitative estimate of drug-likeness (QED) is 0.732. The molecule has 1 amide bonds. The Labute approximate surface area is 141 Å². The van der Waals surface area contributed by atoms with Gasteiger partial charge in [0.1, 0.15) is 12.6 Å². The Morgan fingerprint density at radius 3 is 2.56 bits per heavy atom. The second kappa shape index (κ2) is 5.87. The third kappa shape index (κ3) is 2.73. The van der Waals surface area contributed by atoms with Crippen LogP contribution in [-0.4, -0.2) is 52.7 Å². The first kappa shape index (κ1) is 16.9. The highest BCUT2D eigenvalue weighted by molar-refractivity contribution is 5.84. The van der Waals surface area contributed by atoms with Crippen LogP contribution >= 0.6 is 0 Å². The van der Waals surface area contributed by atoms with Crippen molar-refractivity contribution in [3.63, 3.8) is 0 Å². The SMILES string of the molecule is CC(C(=O)O)N(C(=O)Cn1c(=O)c2c(ncn2C)n(C)c1=O)C1CC1. The van der Waals surface area contributed by atoms with E-state index in [1.54, 1.807) is 7.05 Å². The van der Waals surface area contributed by atoms with E-state index in [0.29, 0.717) is 0 Å². The lowest BCUT2D eigenvalue weighted by Crippen LogP contribution is -2.49. The van der Waals surface area contributed by atoms with Gasteiger partial charge < -0.3 is 14.6 Å². The Kier molecular flexibility index (Phi) is 3.97. The highest BCUT2D eigenvalue weighted by Gasteiger charge is 2.38. The lowest BCUT2D eigenvalue weighted by molar-refractivity contribution is -0.150. The zero-order valence-electron chi connectivity index (χ0n) is 14.2. The molecule has 1 fully saturated rings. The molecule has 2 heterocycles. The monoisotopic (exact) mass is 349 g/mol. The number of amides is 1. The minimum Gasteiger partial charge on any atom is -0.480 e. The molecule has 0 aromatic carbocycles. The molecule has 3 rings (SSSR count). The summed E-state index contributed by atoms with van der Waals surface area (Å²) < 4.78 is 3.51. The number of hydrogen-bond acceptors (Lipinski definition) is 5. The predicted octanol–water partition coefficient (Wildman–Crippen LogP) is -1.10. The van der Waals surface area contributed by atoms with Gasteiger partial charge in [-0.05, 0) is 19.8 Å². The van der Waals surface area contributed by atoms with Gasteiger partial charge in [0, 0.05) is 20.1 Å². The van der Waals surface area contributed by atoms with Crippen LogP contribution in [0.1, 0.15) is 19.8 Å². The molecule has 1 unspecified atom stereocenters. The lowest BCUT2D eigenvalue weighted by Gasteiger charge is -2.26. The molecule has 0 spiro atoms. The number of aromatic nitrogens is 4. The fourth-order valence-corrected chi connectivity index (χ4v) is 2.96. The van der Waals surface area contributed by atoms with E-state index < -0.39 is 35.7 Å². The van der Waals surface area contributed by atoms with E-state index in [1.807, 2.05) is 0 Å². The number of hydrogen-bond donors (Lipinski definition) is 1. The van der Waals surface area contributed by atoms with Gasteiger partial charge in [-0.25, -0.2) is 19.1 Å². The summed E-state index contributed by atoms with van der Waals surface area (Å²) in [7, 11) is 3.09. The summed E-state index contributed by atoms with van der Waals surface area (Å²) in [5.41, 5.74) is -0.841. The summed E-state index contributed by atoms with van der Waals surface area (Å²) >= 11 is 0. The highest BCUT2D eigenvalue weighted by atomic mass is 16.4. The molecule has 10 heteroatoms. The standard InChI is InChI=1S/C15H19N5O5/c1-8(14(23)24)20(9-4-5-9)10(21)6-19-13(22)11-12(16-7-17(11)2)18(3)15(19)25/h7-9H,4-6H2,1-3H3,(H,23,24). The van der Waals surface area contributed by atoms with E-state index in [2.05, 4.69) is 4.98 Å². The topological polar surface area (TPSA) is 119 Å². The average molecular weight is 349 g/mol. The number of nitrogens with zero attached hydrogens (tertiary/aromatic N) is 5. The lowest BCUT2D eigenvalue weighted by atomic mass is 10.2. The van der Waals surface area contributed by atoms with Crippen molar-refractivity contribution in [2.75, 3.05) is 0 Å². The zero-order chi connectivity index (χ0) is 18.5. The van der Waals surface area contributed by atoms with Crippen LogP contribution in [0.5, 0.6) is 0 Å². The number of rotatable bonds is 5. The maximum atomic E-state index is 12.6. The molecule has 2 aromatic rings. The van der Waals surface area contributed by atoms with Gasteiger partial charge in [0.15, 0.2) is 11.2 Å². The molecular weight excluding hydrogens is 330 g/mol. The van der Waals surface area contributed by atoms with Crippen LogP contribution in [0.25, 0.3) is 11.2 Å². The largest absolute Gasteiger partial charge is 0.480 e. The van der Waals surface area contributed by atoms with Gasteiger partial charge in [-0.2, -0.15) is 0 Å². The maximum absolute atomic E-state index is 12.6. The molecule has 134 valence electrons. The molecule has 1 aliphatic rings. The number of aryl methyl sites for hydroxylation is 2. The number of aliphatic carboxylic acids is 1. The van der Waals surface area contributed by atoms with Crippen LogP contribution in [0.4, 0.5) is 0 Å². The van der Waals surface area contributed by atoms with E-state index >= 15 is 0 Å². The summed E-state index contributed by atoms with van der Waals surface area (Å²) in [4.78, 5) is 54.3. The first-order valence-corrected chi connectivity index (χ1v) is 7.88. The first-order valence-electron chi connectivity index (χ1n) is 7.88. The van der Waals surface area contributed by atoms with E-state index in [0.717, 1.165) is 17.4 Å². The summed E-state index contributed by atoms with van der Waals surface area (Å²) in [6.07, 6.45) is 2.86. The summed E-state index contributed by atoms with van der Waals surface area (Å²) in [5, 5.41) is 9.21. The molecule has 0 radical (unpaired) electrons. The first-order chi connectivity index (χ1) is 11.7. The Bertz CT molecular complexity index is 981. The molecule has 25 heavy (non-hydrogen) atoms. The van der Waals surface area contributed by atoms with Crippen molar-refractivity contribution >= 4 is 23.0 Å². The van der Waals surface area contributed by atoms with Gasteiger partial charge >= 0.3 is 11.7 Å². The molecule has 1 N–H and O–H groups in total.